The third-order valence-corrected chi connectivity index (χ3v) is 4.96. The van der Waals surface area contributed by atoms with E-state index in [-0.39, 0.29) is 24.9 Å². The summed E-state index contributed by atoms with van der Waals surface area (Å²) in [6, 6.07) is 4.18. The summed E-state index contributed by atoms with van der Waals surface area (Å²) >= 11 is 5.20. The van der Waals surface area contributed by atoms with Crippen LogP contribution in [0.4, 0.5) is 0 Å². The Balaban J connectivity index is 1.72. The minimum atomic E-state index is -0.301. The predicted octanol–water partition coefficient (Wildman–Crippen LogP) is 0.230. The molecule has 1 aromatic heterocycles. The van der Waals surface area contributed by atoms with Crippen LogP contribution in [0.25, 0.3) is 0 Å². The maximum atomic E-state index is 11.9. The van der Waals surface area contributed by atoms with E-state index in [1.54, 1.807) is 16.2 Å². The van der Waals surface area contributed by atoms with Gasteiger partial charge in [0, 0.05) is 37.6 Å². The highest BCUT2D eigenvalue weighted by Gasteiger charge is 2.21. The average molecular weight is 375 g/mol. The number of nitrogens with zero attached hydrogens (tertiary/aromatic N) is 2. The Kier molecular flexibility index (Phi) is 6.16. The Labute approximate surface area is 136 Å². The van der Waals surface area contributed by atoms with Crippen LogP contribution in [-0.4, -0.2) is 60.9 Å². The monoisotopic (exact) mass is 374 g/mol. The summed E-state index contributed by atoms with van der Waals surface area (Å²) in [4.78, 5) is 28.4. The molecular weight excluding hydrogens is 356 g/mol. The molecule has 1 aliphatic rings. The summed E-state index contributed by atoms with van der Waals surface area (Å²) in [6.45, 7) is 3.97. The van der Waals surface area contributed by atoms with Crippen LogP contribution in [0.15, 0.2) is 15.9 Å². The van der Waals surface area contributed by atoms with Crippen molar-refractivity contribution in [3.63, 3.8) is 0 Å². The van der Waals surface area contributed by atoms with E-state index in [0.29, 0.717) is 13.1 Å². The zero-order chi connectivity index (χ0) is 15.2. The first-order valence-electron chi connectivity index (χ1n) is 6.79. The van der Waals surface area contributed by atoms with Gasteiger partial charge in [0.05, 0.1) is 16.9 Å². The number of thiophene rings is 1. The Morgan fingerprint density at radius 3 is 2.57 bits per heavy atom. The van der Waals surface area contributed by atoms with Crippen molar-refractivity contribution in [1.82, 2.24) is 15.1 Å². The molecule has 0 aliphatic carbocycles. The first-order chi connectivity index (χ1) is 10.1. The van der Waals surface area contributed by atoms with Gasteiger partial charge in [-0.05, 0) is 28.1 Å². The highest BCUT2D eigenvalue weighted by molar-refractivity contribution is 9.11. The molecule has 0 unspecified atom stereocenters. The van der Waals surface area contributed by atoms with E-state index >= 15 is 0 Å². The Bertz CT molecular complexity index is 500. The normalized spacial score (nSPS) is 16.0. The van der Waals surface area contributed by atoms with Crippen LogP contribution in [-0.2, 0) is 16.1 Å². The Morgan fingerprint density at radius 1 is 1.29 bits per heavy atom. The second-order valence-electron chi connectivity index (χ2n) is 4.84. The fourth-order valence-electron chi connectivity index (χ4n) is 2.17. The molecule has 8 heteroatoms. The molecule has 0 aromatic carbocycles. The van der Waals surface area contributed by atoms with Crippen molar-refractivity contribution < 1.29 is 9.59 Å². The SMILES string of the molecule is NCC(=O)NCC(=O)N1CCN(Cc2ccc(Br)s2)CC1. The van der Waals surface area contributed by atoms with Crippen molar-refractivity contribution in [1.29, 1.82) is 0 Å². The number of carbonyl (C=O) groups excluding carboxylic acids is 2. The quantitative estimate of drug-likeness (QED) is 0.773. The second-order valence-corrected chi connectivity index (χ2v) is 7.39. The Hall–Kier alpha value is -0.960. The zero-order valence-electron chi connectivity index (χ0n) is 11.7. The molecule has 0 bridgehead atoms. The third kappa shape index (κ3) is 5.06. The number of amides is 2. The minimum absolute atomic E-state index is 0.0356. The van der Waals surface area contributed by atoms with E-state index < -0.39 is 0 Å². The Morgan fingerprint density at radius 2 is 2.00 bits per heavy atom. The van der Waals surface area contributed by atoms with Crippen LogP contribution in [0.3, 0.4) is 0 Å². The summed E-state index contributed by atoms with van der Waals surface area (Å²) in [5, 5.41) is 2.51. The third-order valence-electron chi connectivity index (χ3n) is 3.36. The van der Waals surface area contributed by atoms with Crippen molar-refractivity contribution in [2.45, 2.75) is 6.54 Å². The van der Waals surface area contributed by atoms with E-state index in [1.807, 2.05) is 0 Å². The molecular formula is C13H19BrN4O2S. The lowest BCUT2D eigenvalue weighted by Gasteiger charge is -2.34. The fraction of sp³-hybridized carbons (Fsp3) is 0.538. The summed E-state index contributed by atoms with van der Waals surface area (Å²) in [6.07, 6.45) is 0. The molecule has 0 atom stereocenters. The van der Waals surface area contributed by atoms with Crippen molar-refractivity contribution in [2.75, 3.05) is 39.3 Å². The van der Waals surface area contributed by atoms with E-state index in [4.69, 9.17) is 5.73 Å². The van der Waals surface area contributed by atoms with Gasteiger partial charge in [-0.2, -0.15) is 0 Å². The van der Waals surface area contributed by atoms with E-state index in [2.05, 4.69) is 38.3 Å². The lowest BCUT2D eigenvalue weighted by molar-refractivity contribution is -0.134. The van der Waals surface area contributed by atoms with Gasteiger partial charge in [-0.25, -0.2) is 0 Å². The minimum Gasteiger partial charge on any atom is -0.346 e. The van der Waals surface area contributed by atoms with Gasteiger partial charge in [-0.3, -0.25) is 14.5 Å². The maximum Gasteiger partial charge on any atom is 0.242 e. The topological polar surface area (TPSA) is 78.7 Å². The molecule has 0 radical (unpaired) electrons. The predicted molar refractivity (Wildman–Crippen MR) is 85.9 cm³/mol. The molecule has 21 heavy (non-hydrogen) atoms. The average Bonchev–Trinajstić information content (AvgIpc) is 2.90. The van der Waals surface area contributed by atoms with E-state index in [0.717, 1.165) is 23.4 Å². The first-order valence-corrected chi connectivity index (χ1v) is 8.40. The smallest absolute Gasteiger partial charge is 0.242 e. The van der Waals surface area contributed by atoms with Gasteiger partial charge in [-0.15, -0.1) is 11.3 Å². The van der Waals surface area contributed by atoms with Gasteiger partial charge < -0.3 is 16.0 Å². The van der Waals surface area contributed by atoms with Crippen molar-refractivity contribution in [2.24, 2.45) is 5.73 Å². The van der Waals surface area contributed by atoms with Crippen molar-refractivity contribution >= 4 is 39.1 Å². The molecule has 1 aromatic rings. The lowest BCUT2D eigenvalue weighted by Crippen LogP contribution is -2.51. The maximum absolute atomic E-state index is 11.9. The highest BCUT2D eigenvalue weighted by Crippen LogP contribution is 2.23. The first kappa shape index (κ1) is 16.4. The number of nitrogens with two attached hydrogens (primary N) is 1. The number of halogens is 1. The van der Waals surface area contributed by atoms with Gasteiger partial charge in [0.2, 0.25) is 11.8 Å². The van der Waals surface area contributed by atoms with Crippen LogP contribution in [0.2, 0.25) is 0 Å². The number of nitrogens with one attached hydrogen (secondary N) is 1. The van der Waals surface area contributed by atoms with Crippen molar-refractivity contribution in [3.05, 3.63) is 20.8 Å². The van der Waals surface area contributed by atoms with Gasteiger partial charge in [0.15, 0.2) is 0 Å². The standard InChI is InChI=1S/C13H19BrN4O2S/c14-11-2-1-10(21-11)9-17-3-5-18(6-4-17)13(20)8-16-12(19)7-15/h1-2H,3-9,15H2,(H,16,19). The molecule has 116 valence electrons. The van der Waals surface area contributed by atoms with Crippen LogP contribution < -0.4 is 11.1 Å². The van der Waals surface area contributed by atoms with E-state index in [9.17, 15) is 9.59 Å². The molecule has 3 N–H and O–H groups in total. The summed E-state index contributed by atoms with van der Waals surface area (Å²) in [7, 11) is 0. The fourth-order valence-corrected chi connectivity index (χ4v) is 3.70. The lowest BCUT2D eigenvalue weighted by atomic mass is 10.3. The number of rotatable bonds is 5. The number of piperazine rings is 1. The molecule has 1 saturated heterocycles. The number of carbonyl (C=O) groups is 2. The number of hydrogen-bond donors (Lipinski definition) is 2. The summed E-state index contributed by atoms with van der Waals surface area (Å²) < 4.78 is 1.14. The molecule has 2 rings (SSSR count). The van der Waals surface area contributed by atoms with Crippen LogP contribution in [0.1, 0.15) is 4.88 Å². The van der Waals surface area contributed by atoms with Gasteiger partial charge >= 0.3 is 0 Å². The highest BCUT2D eigenvalue weighted by atomic mass is 79.9. The van der Waals surface area contributed by atoms with Gasteiger partial charge in [0.25, 0.3) is 0 Å². The second kappa shape index (κ2) is 7.88. The molecule has 6 nitrogen and oxygen atoms in total. The molecule has 2 amide bonds. The van der Waals surface area contributed by atoms with Crippen LogP contribution in [0, 0.1) is 0 Å². The molecule has 2 heterocycles. The molecule has 1 fully saturated rings. The summed E-state index contributed by atoms with van der Waals surface area (Å²) in [5.41, 5.74) is 5.18. The summed E-state index contributed by atoms with van der Waals surface area (Å²) in [5.74, 6) is -0.347. The van der Waals surface area contributed by atoms with Crippen molar-refractivity contribution in [3.8, 4) is 0 Å². The molecule has 0 spiro atoms. The largest absolute Gasteiger partial charge is 0.346 e. The van der Waals surface area contributed by atoms with E-state index in [1.165, 1.54) is 4.88 Å². The van der Waals surface area contributed by atoms with Gasteiger partial charge in [-0.1, -0.05) is 0 Å². The van der Waals surface area contributed by atoms with Crippen LogP contribution >= 0.6 is 27.3 Å². The number of hydrogen-bond acceptors (Lipinski definition) is 5. The van der Waals surface area contributed by atoms with Gasteiger partial charge in [0.1, 0.15) is 0 Å². The zero-order valence-corrected chi connectivity index (χ0v) is 14.1. The molecule has 1 aliphatic heterocycles. The van der Waals surface area contributed by atoms with Crippen LogP contribution in [0.5, 0.6) is 0 Å². The molecule has 0 saturated carbocycles.